The third-order valence-electron chi connectivity index (χ3n) is 3.34. The molecule has 0 heterocycles. The summed E-state index contributed by atoms with van der Waals surface area (Å²) >= 11 is 6.74. The molecule has 0 aromatic rings. The Morgan fingerprint density at radius 2 is 2.12 bits per heavy atom. The Balaban J connectivity index is 2.55. The minimum atomic E-state index is -0.552. The maximum Gasteiger partial charge on any atom is 0.233 e. The van der Waals surface area contributed by atoms with E-state index >= 15 is 0 Å². The number of hydrogen-bond donors (Lipinski definition) is 2. The van der Waals surface area contributed by atoms with Crippen molar-refractivity contribution in [2.75, 3.05) is 12.8 Å². The Kier molecular flexibility index (Phi) is 4.23. The number of hydrogen-bond acceptors (Lipinski definition) is 3. The second-order valence-electron chi connectivity index (χ2n) is 4.95. The van der Waals surface area contributed by atoms with Crippen molar-refractivity contribution in [3.05, 3.63) is 0 Å². The van der Waals surface area contributed by atoms with E-state index in [0.29, 0.717) is 11.5 Å². The molecule has 3 N–H and O–H groups in total. The molecule has 0 aromatic heterocycles. The van der Waals surface area contributed by atoms with Crippen LogP contribution in [-0.4, -0.2) is 28.4 Å². The fourth-order valence-electron chi connectivity index (χ4n) is 1.65. The van der Waals surface area contributed by atoms with Gasteiger partial charge in [0.2, 0.25) is 5.91 Å². The molecular weight excluding hydrogens is 240 g/mol. The lowest BCUT2D eigenvalue weighted by Gasteiger charge is -2.39. The van der Waals surface area contributed by atoms with E-state index in [2.05, 4.69) is 19.2 Å². The minimum Gasteiger partial charge on any atom is -0.392 e. The van der Waals surface area contributed by atoms with E-state index < -0.39 is 5.41 Å². The summed E-state index contributed by atoms with van der Waals surface area (Å²) in [6, 6.07) is 0. The van der Waals surface area contributed by atoms with Gasteiger partial charge < -0.3 is 11.1 Å². The van der Waals surface area contributed by atoms with Gasteiger partial charge in [-0.3, -0.25) is 4.79 Å². The van der Waals surface area contributed by atoms with Crippen molar-refractivity contribution in [3.63, 3.8) is 0 Å². The average Bonchev–Trinajstić information content (AvgIpc) is 2.12. The summed E-state index contributed by atoms with van der Waals surface area (Å²) in [7, 11) is 0. The lowest BCUT2D eigenvalue weighted by Crippen LogP contribution is -2.54. The maximum absolute atomic E-state index is 12.1. The monoisotopic (exact) mass is 260 g/mol. The van der Waals surface area contributed by atoms with Gasteiger partial charge in [0.25, 0.3) is 0 Å². The van der Waals surface area contributed by atoms with Crippen LogP contribution >= 0.6 is 24.0 Å². The first-order valence-corrected chi connectivity index (χ1v) is 7.11. The SMILES string of the molecule is CSC(C)(C)CNC(=O)C1(C(N)=S)CCC1. The molecule has 16 heavy (non-hydrogen) atoms. The molecule has 1 amide bonds. The number of thioether (sulfide) groups is 1. The summed E-state index contributed by atoms with van der Waals surface area (Å²) in [5.74, 6) is 0.00775. The Morgan fingerprint density at radius 3 is 2.44 bits per heavy atom. The second-order valence-corrected chi connectivity index (χ2v) is 6.90. The Morgan fingerprint density at radius 1 is 1.56 bits per heavy atom. The molecule has 3 nitrogen and oxygen atoms in total. The van der Waals surface area contributed by atoms with E-state index in [0.717, 1.165) is 19.3 Å². The Bertz CT molecular complexity index is 298. The highest BCUT2D eigenvalue weighted by molar-refractivity contribution is 7.99. The predicted molar refractivity (Wildman–Crippen MR) is 73.7 cm³/mol. The summed E-state index contributed by atoms with van der Waals surface area (Å²) in [6.45, 7) is 4.86. The van der Waals surface area contributed by atoms with Crippen LogP contribution in [-0.2, 0) is 4.79 Å². The first-order chi connectivity index (χ1) is 7.34. The molecule has 0 radical (unpaired) electrons. The molecule has 0 unspecified atom stereocenters. The van der Waals surface area contributed by atoms with Gasteiger partial charge >= 0.3 is 0 Å². The van der Waals surface area contributed by atoms with E-state index in [4.69, 9.17) is 18.0 Å². The number of nitrogens with one attached hydrogen (secondary N) is 1. The minimum absolute atomic E-state index is 0.00775. The van der Waals surface area contributed by atoms with Crippen LogP contribution in [0.25, 0.3) is 0 Å². The first-order valence-electron chi connectivity index (χ1n) is 5.47. The molecule has 0 aliphatic heterocycles. The summed E-state index contributed by atoms with van der Waals surface area (Å²) in [5.41, 5.74) is 5.12. The summed E-state index contributed by atoms with van der Waals surface area (Å²) in [6.07, 6.45) is 4.68. The molecule has 0 saturated heterocycles. The fraction of sp³-hybridized carbons (Fsp3) is 0.818. The van der Waals surface area contributed by atoms with Gasteiger partial charge in [0.05, 0.1) is 10.4 Å². The second kappa shape index (κ2) is 4.92. The molecule has 1 saturated carbocycles. The molecule has 5 heteroatoms. The van der Waals surface area contributed by atoms with Gasteiger partial charge in [-0.15, -0.1) is 0 Å². The summed E-state index contributed by atoms with van der Waals surface area (Å²) in [5, 5.41) is 2.97. The topological polar surface area (TPSA) is 55.1 Å². The van der Waals surface area contributed by atoms with E-state index in [1.54, 1.807) is 11.8 Å². The third kappa shape index (κ3) is 2.69. The van der Waals surface area contributed by atoms with Gasteiger partial charge in [0.1, 0.15) is 0 Å². The van der Waals surface area contributed by atoms with Gasteiger partial charge in [0, 0.05) is 11.3 Å². The fourth-order valence-corrected chi connectivity index (χ4v) is 2.16. The van der Waals surface area contributed by atoms with Crippen molar-refractivity contribution >= 4 is 34.9 Å². The normalized spacial score (nSPS) is 18.7. The van der Waals surface area contributed by atoms with Crippen LogP contribution in [0.1, 0.15) is 33.1 Å². The van der Waals surface area contributed by atoms with Crippen LogP contribution in [0.2, 0.25) is 0 Å². The number of carbonyl (C=O) groups is 1. The zero-order valence-corrected chi connectivity index (χ0v) is 11.8. The predicted octanol–water partition coefficient (Wildman–Crippen LogP) is 1.70. The smallest absolute Gasteiger partial charge is 0.233 e. The van der Waals surface area contributed by atoms with Crippen LogP contribution in [0, 0.1) is 5.41 Å². The molecule has 1 aliphatic carbocycles. The Labute approximate surface area is 107 Å². The molecule has 0 atom stereocenters. The van der Waals surface area contributed by atoms with Gasteiger partial charge in [-0.1, -0.05) is 18.6 Å². The van der Waals surface area contributed by atoms with Crippen molar-refractivity contribution in [2.24, 2.45) is 11.1 Å². The zero-order valence-electron chi connectivity index (χ0n) is 10.1. The number of thiocarbonyl (C=S) groups is 1. The lowest BCUT2D eigenvalue weighted by molar-refractivity contribution is -0.130. The molecular formula is C11H20N2OS2. The highest BCUT2D eigenvalue weighted by atomic mass is 32.2. The van der Waals surface area contributed by atoms with Gasteiger partial charge in [-0.2, -0.15) is 11.8 Å². The zero-order chi connectivity index (χ0) is 12.4. The first kappa shape index (κ1) is 13.8. The third-order valence-corrected chi connectivity index (χ3v) is 4.98. The Hall–Kier alpha value is -0.290. The quantitative estimate of drug-likeness (QED) is 0.739. The maximum atomic E-state index is 12.1. The summed E-state index contributed by atoms with van der Waals surface area (Å²) in [4.78, 5) is 12.4. The van der Waals surface area contributed by atoms with E-state index in [9.17, 15) is 4.79 Å². The van der Waals surface area contributed by atoms with Crippen molar-refractivity contribution in [2.45, 2.75) is 37.9 Å². The van der Waals surface area contributed by atoms with Crippen LogP contribution in [0.15, 0.2) is 0 Å². The van der Waals surface area contributed by atoms with Crippen molar-refractivity contribution < 1.29 is 4.79 Å². The molecule has 0 spiro atoms. The van der Waals surface area contributed by atoms with Gasteiger partial charge in [0.15, 0.2) is 0 Å². The number of carbonyl (C=O) groups excluding carboxylic acids is 1. The highest BCUT2D eigenvalue weighted by Crippen LogP contribution is 2.41. The number of amides is 1. The average molecular weight is 260 g/mol. The lowest BCUT2D eigenvalue weighted by atomic mass is 9.68. The van der Waals surface area contributed by atoms with Crippen LogP contribution in [0.4, 0.5) is 0 Å². The van der Waals surface area contributed by atoms with Crippen molar-refractivity contribution in [1.29, 1.82) is 0 Å². The molecule has 1 rings (SSSR count). The van der Waals surface area contributed by atoms with Crippen LogP contribution in [0.5, 0.6) is 0 Å². The van der Waals surface area contributed by atoms with Gasteiger partial charge in [-0.25, -0.2) is 0 Å². The standard InChI is InChI=1S/C11H20N2OS2/c1-10(2,16-3)7-13-9(14)11(8(12)15)5-4-6-11/h4-7H2,1-3H3,(H2,12,15)(H,13,14). The summed E-state index contributed by atoms with van der Waals surface area (Å²) < 4.78 is 0.0524. The van der Waals surface area contributed by atoms with Gasteiger partial charge in [-0.05, 0) is 32.9 Å². The number of nitrogens with two attached hydrogens (primary N) is 1. The van der Waals surface area contributed by atoms with E-state index in [-0.39, 0.29) is 10.7 Å². The van der Waals surface area contributed by atoms with E-state index in [1.807, 2.05) is 6.26 Å². The highest BCUT2D eigenvalue weighted by Gasteiger charge is 2.47. The van der Waals surface area contributed by atoms with Crippen LogP contribution in [0.3, 0.4) is 0 Å². The van der Waals surface area contributed by atoms with E-state index in [1.165, 1.54) is 0 Å². The molecule has 1 fully saturated rings. The van der Waals surface area contributed by atoms with Crippen molar-refractivity contribution in [3.8, 4) is 0 Å². The molecule has 0 aromatic carbocycles. The largest absolute Gasteiger partial charge is 0.392 e. The molecule has 1 aliphatic rings. The molecule has 0 bridgehead atoms. The van der Waals surface area contributed by atoms with Crippen molar-refractivity contribution in [1.82, 2.24) is 5.32 Å². The van der Waals surface area contributed by atoms with Crippen LogP contribution < -0.4 is 11.1 Å². The molecule has 92 valence electrons. The number of rotatable bonds is 5.